The Morgan fingerprint density at radius 3 is 2.92 bits per heavy atom. The van der Waals surface area contributed by atoms with Crippen molar-refractivity contribution in [1.82, 2.24) is 15.0 Å². The molecule has 1 atom stereocenters. The van der Waals surface area contributed by atoms with Crippen molar-refractivity contribution < 1.29 is 23.5 Å². The molecular weight excluding hydrogens is 314 g/mol. The van der Waals surface area contributed by atoms with E-state index in [1.54, 1.807) is 4.90 Å². The second-order valence-electron chi connectivity index (χ2n) is 5.64. The maximum atomic E-state index is 12.6. The van der Waals surface area contributed by atoms with Gasteiger partial charge in [0.25, 0.3) is 0 Å². The first kappa shape index (κ1) is 14.9. The van der Waals surface area contributed by atoms with Crippen LogP contribution >= 0.6 is 0 Å². The molecule has 3 heterocycles. The van der Waals surface area contributed by atoms with Crippen LogP contribution in [0.1, 0.15) is 17.5 Å². The number of morpholine rings is 1. The number of amides is 1. The molecule has 4 rings (SSSR count). The summed E-state index contributed by atoms with van der Waals surface area (Å²) in [4.78, 5) is 18.3. The Balaban J connectivity index is 1.42. The van der Waals surface area contributed by atoms with Crippen LogP contribution in [0.2, 0.25) is 0 Å². The van der Waals surface area contributed by atoms with Crippen LogP contribution in [0.3, 0.4) is 0 Å². The van der Waals surface area contributed by atoms with E-state index in [9.17, 15) is 4.79 Å². The molecule has 1 aromatic carbocycles. The van der Waals surface area contributed by atoms with Crippen LogP contribution in [0.4, 0.5) is 0 Å². The molecule has 2 aliphatic heterocycles. The number of ether oxygens (including phenoxy) is 3. The van der Waals surface area contributed by atoms with Crippen LogP contribution in [-0.4, -0.2) is 53.9 Å². The topological polar surface area (TPSA) is 86.9 Å². The quantitative estimate of drug-likeness (QED) is 0.828. The minimum Gasteiger partial charge on any atom is -0.486 e. The molecule has 2 aliphatic rings. The maximum absolute atomic E-state index is 12.6. The van der Waals surface area contributed by atoms with Crippen molar-refractivity contribution in [2.45, 2.75) is 12.5 Å². The van der Waals surface area contributed by atoms with Crippen LogP contribution in [0.25, 0.3) is 0 Å². The van der Waals surface area contributed by atoms with Gasteiger partial charge in [-0.1, -0.05) is 11.2 Å². The van der Waals surface area contributed by atoms with Crippen LogP contribution in [-0.2, 0) is 16.0 Å². The summed E-state index contributed by atoms with van der Waals surface area (Å²) in [7, 11) is 0. The molecule has 8 nitrogen and oxygen atoms in total. The normalized spacial score (nSPS) is 20.0. The fourth-order valence-corrected chi connectivity index (χ4v) is 2.84. The summed E-state index contributed by atoms with van der Waals surface area (Å²) in [6, 6.07) is 5.60. The zero-order valence-corrected chi connectivity index (χ0v) is 13.0. The third-order valence-corrected chi connectivity index (χ3v) is 4.05. The van der Waals surface area contributed by atoms with E-state index in [0.29, 0.717) is 50.9 Å². The Hall–Kier alpha value is -2.61. The number of benzene rings is 1. The molecule has 2 aromatic rings. The van der Waals surface area contributed by atoms with Crippen molar-refractivity contribution in [3.63, 3.8) is 0 Å². The molecule has 1 saturated heterocycles. The minimum absolute atomic E-state index is 0.0310. The Morgan fingerprint density at radius 1 is 1.21 bits per heavy atom. The van der Waals surface area contributed by atoms with Crippen molar-refractivity contribution in [2.24, 2.45) is 0 Å². The Morgan fingerprint density at radius 2 is 2.08 bits per heavy atom. The lowest BCUT2D eigenvalue weighted by Gasteiger charge is -2.31. The Labute approximate surface area is 138 Å². The van der Waals surface area contributed by atoms with Gasteiger partial charge >= 0.3 is 0 Å². The lowest BCUT2D eigenvalue weighted by atomic mass is 10.1. The predicted octanol–water partition coefficient (Wildman–Crippen LogP) is 0.983. The number of fused-ring (bicyclic) bond motifs is 1. The fourth-order valence-electron chi connectivity index (χ4n) is 2.84. The third kappa shape index (κ3) is 3.05. The van der Waals surface area contributed by atoms with Gasteiger partial charge in [-0.05, 0) is 17.7 Å². The summed E-state index contributed by atoms with van der Waals surface area (Å²) < 4.78 is 21.4. The average molecular weight is 331 g/mol. The second kappa shape index (κ2) is 6.48. The SMILES string of the molecule is O=C(Cc1ccc2c(c1)OCCO2)N1CCOC(c2ncon2)C1. The predicted molar refractivity (Wildman–Crippen MR) is 80.7 cm³/mol. The first-order valence-electron chi connectivity index (χ1n) is 7.84. The van der Waals surface area contributed by atoms with Gasteiger partial charge < -0.3 is 23.6 Å². The standard InChI is InChI=1S/C16H17N3O5/c20-15(8-11-1-2-12-13(7-11)23-6-5-22-12)19-3-4-21-14(9-19)16-17-10-24-18-16/h1-2,7,10,14H,3-6,8-9H2. The Kier molecular flexibility index (Phi) is 4.04. The highest BCUT2D eigenvalue weighted by atomic mass is 16.6. The molecule has 126 valence electrons. The van der Waals surface area contributed by atoms with Gasteiger partial charge in [0.2, 0.25) is 18.1 Å². The molecule has 1 amide bonds. The van der Waals surface area contributed by atoms with Crippen molar-refractivity contribution in [3.8, 4) is 11.5 Å². The number of hydrogen-bond donors (Lipinski definition) is 0. The molecule has 0 bridgehead atoms. The smallest absolute Gasteiger partial charge is 0.227 e. The number of nitrogens with zero attached hydrogens (tertiary/aromatic N) is 3. The number of rotatable bonds is 3. The third-order valence-electron chi connectivity index (χ3n) is 4.05. The number of carbonyl (C=O) groups excluding carboxylic acids is 1. The Bertz CT molecular complexity index is 719. The number of carbonyl (C=O) groups is 1. The summed E-state index contributed by atoms with van der Waals surface area (Å²) in [6.07, 6.45) is 1.21. The van der Waals surface area contributed by atoms with Crippen molar-refractivity contribution in [2.75, 3.05) is 32.9 Å². The van der Waals surface area contributed by atoms with Crippen molar-refractivity contribution >= 4 is 5.91 Å². The van der Waals surface area contributed by atoms with E-state index >= 15 is 0 Å². The van der Waals surface area contributed by atoms with E-state index in [-0.39, 0.29) is 12.0 Å². The molecule has 1 unspecified atom stereocenters. The highest BCUT2D eigenvalue weighted by Gasteiger charge is 2.28. The molecule has 1 fully saturated rings. The molecule has 0 saturated carbocycles. The van der Waals surface area contributed by atoms with Gasteiger partial charge in [0.15, 0.2) is 11.5 Å². The summed E-state index contributed by atoms with van der Waals surface area (Å²) in [5.41, 5.74) is 0.895. The fraction of sp³-hybridized carbons (Fsp3) is 0.438. The first-order valence-corrected chi connectivity index (χ1v) is 7.84. The van der Waals surface area contributed by atoms with Gasteiger partial charge in [0, 0.05) is 6.54 Å². The van der Waals surface area contributed by atoms with Crippen LogP contribution in [0.5, 0.6) is 11.5 Å². The van der Waals surface area contributed by atoms with E-state index in [2.05, 4.69) is 10.1 Å². The zero-order chi connectivity index (χ0) is 16.4. The minimum atomic E-state index is -0.346. The van der Waals surface area contributed by atoms with Gasteiger partial charge in [-0.2, -0.15) is 4.98 Å². The van der Waals surface area contributed by atoms with Crippen LogP contribution < -0.4 is 9.47 Å². The van der Waals surface area contributed by atoms with Gasteiger partial charge in [-0.15, -0.1) is 0 Å². The average Bonchev–Trinajstić information content (AvgIpc) is 3.16. The van der Waals surface area contributed by atoms with Crippen LogP contribution in [0, 0.1) is 0 Å². The molecule has 1 aromatic heterocycles. The van der Waals surface area contributed by atoms with E-state index in [4.69, 9.17) is 18.7 Å². The van der Waals surface area contributed by atoms with E-state index in [1.165, 1.54) is 6.39 Å². The molecule has 0 N–H and O–H groups in total. The molecule has 0 radical (unpaired) electrons. The lowest BCUT2D eigenvalue weighted by Crippen LogP contribution is -2.43. The summed E-state index contributed by atoms with van der Waals surface area (Å²) in [5.74, 6) is 1.91. The highest BCUT2D eigenvalue weighted by Crippen LogP contribution is 2.31. The molecule has 24 heavy (non-hydrogen) atoms. The summed E-state index contributed by atoms with van der Waals surface area (Å²) in [6.45, 7) is 2.50. The molecule has 0 spiro atoms. The van der Waals surface area contributed by atoms with E-state index < -0.39 is 0 Å². The summed E-state index contributed by atoms with van der Waals surface area (Å²) >= 11 is 0. The molecule has 0 aliphatic carbocycles. The van der Waals surface area contributed by atoms with Gasteiger partial charge in [-0.3, -0.25) is 4.79 Å². The van der Waals surface area contributed by atoms with Gasteiger partial charge in [-0.25, -0.2) is 0 Å². The van der Waals surface area contributed by atoms with Crippen molar-refractivity contribution in [3.05, 3.63) is 36.0 Å². The number of aromatic nitrogens is 2. The first-order chi connectivity index (χ1) is 11.8. The monoisotopic (exact) mass is 331 g/mol. The highest BCUT2D eigenvalue weighted by molar-refractivity contribution is 5.79. The zero-order valence-electron chi connectivity index (χ0n) is 13.0. The van der Waals surface area contributed by atoms with Gasteiger partial charge in [0.05, 0.1) is 19.6 Å². The number of hydrogen-bond acceptors (Lipinski definition) is 7. The summed E-state index contributed by atoms with van der Waals surface area (Å²) in [5, 5.41) is 3.79. The lowest BCUT2D eigenvalue weighted by molar-refractivity contribution is -0.138. The van der Waals surface area contributed by atoms with Gasteiger partial charge in [0.1, 0.15) is 19.3 Å². The van der Waals surface area contributed by atoms with E-state index in [1.807, 2.05) is 18.2 Å². The van der Waals surface area contributed by atoms with E-state index in [0.717, 1.165) is 11.3 Å². The molecular formula is C16H17N3O5. The molecule has 8 heteroatoms. The largest absolute Gasteiger partial charge is 0.486 e. The maximum Gasteiger partial charge on any atom is 0.227 e. The second-order valence-corrected chi connectivity index (χ2v) is 5.64. The van der Waals surface area contributed by atoms with Crippen LogP contribution in [0.15, 0.2) is 29.1 Å². The van der Waals surface area contributed by atoms with Crippen molar-refractivity contribution in [1.29, 1.82) is 0 Å².